The molecule has 4 amide bonds. The van der Waals surface area contributed by atoms with Gasteiger partial charge in [-0.2, -0.15) is 13.2 Å². The second kappa shape index (κ2) is 18.5. The summed E-state index contributed by atoms with van der Waals surface area (Å²) in [6.07, 6.45) is 2.52. The Labute approximate surface area is 268 Å². The molecule has 1 aliphatic carbocycles. The summed E-state index contributed by atoms with van der Waals surface area (Å²) in [6.45, 7) is 11.3. The van der Waals surface area contributed by atoms with Crippen LogP contribution in [0.15, 0.2) is 35.7 Å². The van der Waals surface area contributed by atoms with Gasteiger partial charge in [0.25, 0.3) is 0 Å². The Hall–Kier alpha value is -3.58. The minimum Gasteiger partial charge on any atom is -0.343 e. The third-order valence-corrected chi connectivity index (χ3v) is 7.88. The first-order valence-corrected chi connectivity index (χ1v) is 16.1. The fourth-order valence-electron chi connectivity index (χ4n) is 5.68. The normalized spacial score (nSPS) is 23.6. The number of aromatic nitrogens is 3. The molecule has 46 heavy (non-hydrogen) atoms. The van der Waals surface area contributed by atoms with Crippen LogP contribution >= 0.6 is 0 Å². The van der Waals surface area contributed by atoms with Crippen molar-refractivity contribution in [2.75, 3.05) is 19.6 Å². The molecule has 2 saturated heterocycles. The van der Waals surface area contributed by atoms with E-state index in [2.05, 4.69) is 15.5 Å². The van der Waals surface area contributed by atoms with Crippen LogP contribution in [0, 0.1) is 5.92 Å². The number of aryl methyl sites for hydroxylation is 2. The van der Waals surface area contributed by atoms with E-state index in [9.17, 15) is 36.3 Å². The average molecular weight is 659 g/mol. The van der Waals surface area contributed by atoms with E-state index in [4.69, 9.17) is 0 Å². The summed E-state index contributed by atoms with van der Waals surface area (Å²) in [7, 11) is 0. The van der Waals surface area contributed by atoms with Crippen molar-refractivity contribution in [3.05, 3.63) is 47.4 Å². The zero-order valence-electron chi connectivity index (χ0n) is 27.4. The number of carbonyl (C=O) groups excluding carboxylic acids is 3. The lowest BCUT2D eigenvalue weighted by Gasteiger charge is -2.35. The van der Waals surface area contributed by atoms with Crippen molar-refractivity contribution in [3.8, 4) is 0 Å². The van der Waals surface area contributed by atoms with Crippen molar-refractivity contribution in [1.82, 2.24) is 29.9 Å². The van der Waals surface area contributed by atoms with Crippen LogP contribution in [0.2, 0.25) is 0 Å². The molecule has 2 atom stereocenters. The van der Waals surface area contributed by atoms with Gasteiger partial charge < -0.3 is 14.4 Å². The van der Waals surface area contributed by atoms with Gasteiger partial charge in [-0.1, -0.05) is 45.9 Å². The maximum absolute atomic E-state index is 14.5. The van der Waals surface area contributed by atoms with Gasteiger partial charge in [-0.25, -0.2) is 13.6 Å². The van der Waals surface area contributed by atoms with Crippen molar-refractivity contribution < 1.29 is 36.3 Å². The van der Waals surface area contributed by atoms with Gasteiger partial charge in [0, 0.05) is 51.4 Å². The predicted molar refractivity (Wildman–Crippen MR) is 165 cm³/mol. The van der Waals surface area contributed by atoms with Gasteiger partial charge in [0.15, 0.2) is 0 Å². The first-order valence-electron chi connectivity index (χ1n) is 16.1. The van der Waals surface area contributed by atoms with Crippen molar-refractivity contribution in [2.45, 2.75) is 111 Å². The monoisotopic (exact) mass is 658 g/mol. The maximum atomic E-state index is 14.5. The molecule has 258 valence electrons. The van der Waals surface area contributed by atoms with Crippen LogP contribution in [0.3, 0.4) is 0 Å². The highest BCUT2D eigenvalue weighted by molar-refractivity contribution is 6.02. The average Bonchev–Trinajstić information content (AvgIpc) is 3.49. The number of hydrogen-bond acceptors (Lipinski definition) is 5. The molecular weight excluding hydrogens is 611 g/mol. The number of hydrogen-bond donors (Lipinski definition) is 1. The Kier molecular flexibility index (Phi) is 15.6. The molecule has 0 bridgehead atoms. The summed E-state index contributed by atoms with van der Waals surface area (Å²) < 4.78 is 67.4. The second-order valence-electron chi connectivity index (χ2n) is 10.8. The Morgan fingerprint density at radius 3 is 2.33 bits per heavy atom. The number of fused-ring (bicyclic) bond motifs is 1. The number of rotatable bonds is 4. The third-order valence-electron chi connectivity index (χ3n) is 7.88. The number of amides is 4. The Morgan fingerprint density at radius 1 is 1.07 bits per heavy atom. The van der Waals surface area contributed by atoms with E-state index in [-0.39, 0.29) is 48.6 Å². The van der Waals surface area contributed by atoms with Crippen LogP contribution in [0.5, 0.6) is 0 Å². The van der Waals surface area contributed by atoms with Gasteiger partial charge in [-0.15, -0.1) is 10.2 Å². The number of urea groups is 1. The van der Waals surface area contributed by atoms with Crippen molar-refractivity contribution in [3.63, 3.8) is 0 Å². The lowest BCUT2D eigenvalue weighted by molar-refractivity contribution is -0.134. The Bertz CT molecular complexity index is 1250. The summed E-state index contributed by atoms with van der Waals surface area (Å²) in [4.78, 5) is 36.9. The molecule has 4 aliphatic rings. The fourth-order valence-corrected chi connectivity index (χ4v) is 5.68. The number of nitrogens with one attached hydrogen (secondary N) is 1. The smallest absolute Gasteiger partial charge is 0.343 e. The van der Waals surface area contributed by atoms with Crippen LogP contribution in [0.25, 0.3) is 0 Å². The van der Waals surface area contributed by atoms with E-state index >= 15 is 0 Å². The molecule has 0 radical (unpaired) electrons. The standard InChI is InChI=1S/C18H20F5N3.C10H15N3O3.2C2H6/c19-13-5-1-2-6-14(15(20)10-13)12-4-3-7-16-24-25-17(26(16)11-12)8-9-18(21,22)23;1-7(14)12-4-2-8(3-5-12)13-6-9(15)11-10(13)16;2*1-2/h1,5-6,10,12-13H,2-4,7-9,11H2;8H,2-6H2,1H3,(H,11,15,16);2*1-2H3/b5-1-,14-6-,15-10?;;;. The minimum atomic E-state index is -4.27. The van der Waals surface area contributed by atoms with E-state index in [0.717, 1.165) is 25.3 Å². The van der Waals surface area contributed by atoms with Crippen LogP contribution < -0.4 is 5.32 Å². The number of likely N-dealkylation sites (tertiary alicyclic amines) is 1. The number of carbonyl (C=O) groups is 3. The van der Waals surface area contributed by atoms with Crippen LogP contribution in [0.1, 0.15) is 84.8 Å². The first kappa shape index (κ1) is 38.6. The first-order chi connectivity index (χ1) is 21.9. The van der Waals surface area contributed by atoms with Gasteiger partial charge in [0.2, 0.25) is 11.8 Å². The number of alkyl halides is 4. The third kappa shape index (κ3) is 11.3. The molecule has 0 aromatic carbocycles. The fraction of sp³-hybridized carbons (Fsp3) is 0.656. The molecule has 2 unspecified atom stereocenters. The summed E-state index contributed by atoms with van der Waals surface area (Å²) >= 11 is 0. The molecule has 2 fully saturated rings. The summed E-state index contributed by atoms with van der Waals surface area (Å²) in [5, 5.41) is 10.2. The van der Waals surface area contributed by atoms with Crippen LogP contribution in [-0.2, 0) is 29.0 Å². The summed E-state index contributed by atoms with van der Waals surface area (Å²) in [6, 6.07) is -0.215. The number of piperidine rings is 1. The molecule has 4 heterocycles. The zero-order valence-corrected chi connectivity index (χ0v) is 27.4. The topological polar surface area (TPSA) is 100 Å². The summed E-state index contributed by atoms with van der Waals surface area (Å²) in [5.74, 6) is -0.112. The molecule has 9 nitrogen and oxygen atoms in total. The van der Waals surface area contributed by atoms with E-state index in [1.165, 1.54) is 6.08 Å². The van der Waals surface area contributed by atoms with Crippen molar-refractivity contribution >= 4 is 17.8 Å². The second-order valence-corrected chi connectivity index (χ2v) is 10.8. The van der Waals surface area contributed by atoms with E-state index in [0.29, 0.717) is 50.3 Å². The van der Waals surface area contributed by atoms with Gasteiger partial charge in [-0.05, 0) is 43.8 Å². The van der Waals surface area contributed by atoms with Crippen molar-refractivity contribution in [2.24, 2.45) is 5.92 Å². The number of allylic oxidation sites excluding steroid dienone is 6. The zero-order chi connectivity index (χ0) is 34.4. The highest BCUT2D eigenvalue weighted by atomic mass is 19.4. The lowest BCUT2D eigenvalue weighted by Crippen LogP contribution is -2.47. The van der Waals surface area contributed by atoms with E-state index in [1.54, 1.807) is 33.4 Å². The predicted octanol–water partition coefficient (Wildman–Crippen LogP) is 6.40. The Morgan fingerprint density at radius 2 is 1.74 bits per heavy atom. The molecule has 3 aliphatic heterocycles. The van der Waals surface area contributed by atoms with E-state index < -0.39 is 24.6 Å². The molecule has 1 aromatic heterocycles. The molecule has 14 heteroatoms. The Balaban J connectivity index is 0.000000315. The highest BCUT2D eigenvalue weighted by Crippen LogP contribution is 2.33. The minimum absolute atomic E-state index is 0.0698. The summed E-state index contributed by atoms with van der Waals surface area (Å²) in [5.41, 5.74) is 0.417. The van der Waals surface area contributed by atoms with E-state index in [1.807, 2.05) is 27.7 Å². The van der Waals surface area contributed by atoms with Crippen LogP contribution in [0.4, 0.5) is 26.7 Å². The quantitative estimate of drug-likeness (QED) is 0.229. The maximum Gasteiger partial charge on any atom is 0.389 e. The molecule has 0 saturated carbocycles. The lowest BCUT2D eigenvalue weighted by atomic mass is 9.91. The van der Waals surface area contributed by atoms with Crippen LogP contribution in [-0.4, -0.2) is 80.4 Å². The SMILES string of the molecule is CC.CC.CC(=O)N1CCC(N2CC(=O)NC2=O)CC1.FC1=CC(F)/C=C\C/C=C\1C1CCCc2nnc(CCC(F)(F)F)n2C1. The van der Waals surface area contributed by atoms with Gasteiger partial charge >= 0.3 is 12.2 Å². The number of imide groups is 1. The highest BCUT2D eigenvalue weighted by Gasteiger charge is 2.35. The molecule has 0 spiro atoms. The largest absolute Gasteiger partial charge is 0.389 e. The number of nitrogens with zero attached hydrogens (tertiary/aromatic N) is 5. The van der Waals surface area contributed by atoms with Gasteiger partial charge in [0.1, 0.15) is 30.2 Å². The van der Waals surface area contributed by atoms with Crippen molar-refractivity contribution in [1.29, 1.82) is 0 Å². The molecule has 1 N–H and O–H groups in total. The van der Waals surface area contributed by atoms with Gasteiger partial charge in [-0.3, -0.25) is 14.9 Å². The number of halogens is 5. The molecular formula is C32H47F5N6O3. The molecule has 1 aromatic rings. The van der Waals surface area contributed by atoms with Gasteiger partial charge in [0.05, 0.1) is 6.42 Å². The molecule has 5 rings (SSSR count).